The average Bonchev–Trinajstić information content (AvgIpc) is 2.54. The van der Waals surface area contributed by atoms with Crippen molar-refractivity contribution in [3.8, 4) is 0 Å². The predicted molar refractivity (Wildman–Crippen MR) is 90.7 cm³/mol. The zero-order chi connectivity index (χ0) is 18.6. The summed E-state index contributed by atoms with van der Waals surface area (Å²) in [6.45, 7) is 0. The molecule has 0 fully saturated rings. The molecule has 0 saturated heterocycles. The quantitative estimate of drug-likeness (QED) is 0.334. The van der Waals surface area contributed by atoms with Crippen LogP contribution < -0.4 is 5.56 Å². The highest BCUT2D eigenvalue weighted by Crippen LogP contribution is 2.24. The summed E-state index contributed by atoms with van der Waals surface area (Å²) in [4.78, 5) is 33.1. The van der Waals surface area contributed by atoms with Crippen LogP contribution in [0.5, 0.6) is 0 Å². The minimum absolute atomic E-state index is 0.0310. The summed E-state index contributed by atoms with van der Waals surface area (Å²) >= 11 is 10.6. The van der Waals surface area contributed by atoms with Gasteiger partial charge in [-0.15, -0.1) is 0 Å². The maximum Gasteiger partial charge on any atom is 0.303 e. The molecule has 2 N–H and O–H groups in total. The molecule has 0 saturated carbocycles. The lowest BCUT2D eigenvalue weighted by Crippen LogP contribution is -2.25. The van der Waals surface area contributed by atoms with E-state index in [1.165, 1.54) is 24.4 Å². The van der Waals surface area contributed by atoms with Crippen LogP contribution in [0.25, 0.3) is 0 Å². The van der Waals surface area contributed by atoms with Crippen LogP contribution in [0.2, 0.25) is 5.02 Å². The summed E-state index contributed by atoms with van der Waals surface area (Å²) in [5, 5.41) is 29.5. The number of carboxylic acids is 1. The maximum absolute atomic E-state index is 12.2. The molecular formula is C13H10ClN5O5S. The van der Waals surface area contributed by atoms with E-state index in [1.807, 2.05) is 0 Å². The Labute approximate surface area is 149 Å². The molecule has 0 amide bonds. The number of nitrogens with zero attached hydrogens (tertiary/aromatic N) is 4. The lowest BCUT2D eigenvalue weighted by atomic mass is 10.2. The number of aromatic nitrogens is 3. The van der Waals surface area contributed by atoms with Crippen LogP contribution in [0, 0.1) is 14.9 Å². The van der Waals surface area contributed by atoms with Crippen molar-refractivity contribution in [1.82, 2.24) is 14.9 Å². The molecule has 0 atom stereocenters. The zero-order valence-electron chi connectivity index (χ0n) is 12.4. The van der Waals surface area contributed by atoms with Gasteiger partial charge in [-0.2, -0.15) is 14.9 Å². The summed E-state index contributed by atoms with van der Waals surface area (Å²) in [6.07, 6.45) is 0.817. The summed E-state index contributed by atoms with van der Waals surface area (Å²) in [5.41, 5.74) is -0.707. The topological polar surface area (TPSA) is 143 Å². The van der Waals surface area contributed by atoms with E-state index >= 15 is 0 Å². The molecule has 2 aromatic rings. The predicted octanol–water partition coefficient (Wildman–Crippen LogP) is 1.76. The summed E-state index contributed by atoms with van der Waals surface area (Å²) < 4.78 is 0.712. The fraction of sp³-hybridized carbons (Fsp3) is 0.154. The largest absolute Gasteiger partial charge is 0.481 e. The van der Waals surface area contributed by atoms with Gasteiger partial charge >= 0.3 is 5.97 Å². The molecule has 130 valence electrons. The van der Waals surface area contributed by atoms with E-state index in [0.29, 0.717) is 5.56 Å². The number of carbonyl (C=O) groups is 1. The van der Waals surface area contributed by atoms with Crippen LogP contribution in [0.3, 0.4) is 0 Å². The van der Waals surface area contributed by atoms with E-state index in [9.17, 15) is 19.7 Å². The monoisotopic (exact) mass is 383 g/mol. The number of hydrogen-bond donors (Lipinski definition) is 2. The van der Waals surface area contributed by atoms with Gasteiger partial charge in [-0.25, -0.2) is 0 Å². The van der Waals surface area contributed by atoms with Crippen molar-refractivity contribution in [3.05, 3.63) is 59.7 Å². The van der Waals surface area contributed by atoms with E-state index in [1.54, 1.807) is 0 Å². The molecule has 0 radical (unpaired) electrons. The smallest absolute Gasteiger partial charge is 0.303 e. The fourth-order valence-corrected chi connectivity index (χ4v) is 2.15. The number of H-pyrrole nitrogens is 1. The highest BCUT2D eigenvalue weighted by molar-refractivity contribution is 7.71. The molecular weight excluding hydrogens is 374 g/mol. The standard InChI is InChI=1S/C13H10ClN5O5S/c14-8-2-1-7(5-10(8)19(23)24)6-15-18-12(22)9(3-4-11(20)21)16-17-13(18)25/h1-2,5-6H,3-4H2,(H,17,25)(H,20,21)/b15-6-. The molecule has 1 heterocycles. The Bertz CT molecular complexity index is 984. The number of nitro groups is 1. The van der Waals surface area contributed by atoms with Gasteiger partial charge in [0, 0.05) is 18.1 Å². The van der Waals surface area contributed by atoms with Crippen LogP contribution in [0.1, 0.15) is 17.7 Å². The van der Waals surface area contributed by atoms with Crippen molar-refractivity contribution in [2.24, 2.45) is 5.10 Å². The molecule has 0 bridgehead atoms. The lowest BCUT2D eigenvalue weighted by Gasteiger charge is -2.02. The second-order valence-corrected chi connectivity index (χ2v) is 5.49. The minimum atomic E-state index is -1.08. The molecule has 0 unspecified atom stereocenters. The Balaban J connectivity index is 2.38. The molecule has 2 rings (SSSR count). The average molecular weight is 384 g/mol. The Morgan fingerprint density at radius 3 is 2.92 bits per heavy atom. The number of aromatic amines is 1. The number of rotatable bonds is 6. The first kappa shape index (κ1) is 18.4. The van der Waals surface area contributed by atoms with Crippen LogP contribution in [0.4, 0.5) is 5.69 Å². The van der Waals surface area contributed by atoms with Gasteiger partial charge in [0.25, 0.3) is 11.2 Å². The summed E-state index contributed by atoms with van der Waals surface area (Å²) in [5.74, 6) is -1.08. The molecule has 1 aromatic heterocycles. The molecule has 1 aromatic carbocycles. The van der Waals surface area contributed by atoms with Gasteiger partial charge in [0.2, 0.25) is 4.77 Å². The first-order valence-electron chi connectivity index (χ1n) is 6.70. The number of benzene rings is 1. The first-order valence-corrected chi connectivity index (χ1v) is 7.49. The Morgan fingerprint density at radius 1 is 1.56 bits per heavy atom. The van der Waals surface area contributed by atoms with E-state index in [2.05, 4.69) is 15.3 Å². The van der Waals surface area contributed by atoms with Gasteiger partial charge in [0.15, 0.2) is 0 Å². The number of aryl methyl sites for hydroxylation is 1. The van der Waals surface area contributed by atoms with E-state index < -0.39 is 16.5 Å². The summed E-state index contributed by atoms with van der Waals surface area (Å²) in [6, 6.07) is 3.99. The van der Waals surface area contributed by atoms with Crippen molar-refractivity contribution >= 4 is 41.7 Å². The molecule has 12 heteroatoms. The fourth-order valence-electron chi connectivity index (χ4n) is 1.79. The number of halogens is 1. The Kier molecular flexibility index (Phi) is 5.72. The highest BCUT2D eigenvalue weighted by atomic mass is 35.5. The third-order valence-electron chi connectivity index (χ3n) is 2.98. The van der Waals surface area contributed by atoms with Crippen molar-refractivity contribution < 1.29 is 14.8 Å². The van der Waals surface area contributed by atoms with Gasteiger partial charge in [-0.05, 0) is 18.3 Å². The van der Waals surface area contributed by atoms with E-state index in [-0.39, 0.29) is 34.0 Å². The second-order valence-electron chi connectivity index (χ2n) is 4.70. The van der Waals surface area contributed by atoms with Gasteiger partial charge in [-0.3, -0.25) is 24.8 Å². The molecule has 25 heavy (non-hydrogen) atoms. The molecule has 0 aliphatic rings. The SMILES string of the molecule is O=C(O)CCc1n[nH]c(=S)n(/N=C\c2ccc(Cl)c([N+](=O)[O-])c2)c1=O. The Morgan fingerprint density at radius 2 is 2.28 bits per heavy atom. The van der Waals surface area contributed by atoms with Crippen molar-refractivity contribution in [3.63, 3.8) is 0 Å². The summed E-state index contributed by atoms with van der Waals surface area (Å²) in [7, 11) is 0. The third kappa shape index (κ3) is 4.55. The Hall–Kier alpha value is -2.92. The number of nitrogens with one attached hydrogen (secondary N) is 1. The minimum Gasteiger partial charge on any atom is -0.481 e. The van der Waals surface area contributed by atoms with Gasteiger partial charge in [-0.1, -0.05) is 17.7 Å². The third-order valence-corrected chi connectivity index (χ3v) is 3.57. The van der Waals surface area contributed by atoms with Gasteiger partial charge in [0.05, 0.1) is 17.6 Å². The zero-order valence-corrected chi connectivity index (χ0v) is 14.0. The first-order chi connectivity index (χ1) is 11.8. The number of nitro benzene ring substituents is 1. The van der Waals surface area contributed by atoms with E-state index in [4.69, 9.17) is 28.9 Å². The van der Waals surface area contributed by atoms with Crippen LogP contribution in [-0.4, -0.2) is 37.1 Å². The van der Waals surface area contributed by atoms with Gasteiger partial charge in [0.1, 0.15) is 10.7 Å². The van der Waals surface area contributed by atoms with Crippen LogP contribution in [0.15, 0.2) is 28.1 Å². The molecule has 10 nitrogen and oxygen atoms in total. The number of carboxylic acid groups (broad SMARTS) is 1. The second kappa shape index (κ2) is 7.77. The number of aliphatic carboxylic acids is 1. The van der Waals surface area contributed by atoms with Crippen molar-refractivity contribution in [1.29, 1.82) is 0 Å². The van der Waals surface area contributed by atoms with Gasteiger partial charge < -0.3 is 5.11 Å². The van der Waals surface area contributed by atoms with E-state index in [0.717, 1.165) is 4.68 Å². The molecule has 0 aliphatic carbocycles. The van der Waals surface area contributed by atoms with Crippen LogP contribution in [-0.2, 0) is 11.2 Å². The van der Waals surface area contributed by atoms with Crippen molar-refractivity contribution in [2.75, 3.05) is 0 Å². The maximum atomic E-state index is 12.2. The molecule has 0 aliphatic heterocycles. The van der Waals surface area contributed by atoms with Crippen LogP contribution >= 0.6 is 23.8 Å². The highest BCUT2D eigenvalue weighted by Gasteiger charge is 2.12. The van der Waals surface area contributed by atoms with Crippen molar-refractivity contribution in [2.45, 2.75) is 12.8 Å². The lowest BCUT2D eigenvalue weighted by molar-refractivity contribution is -0.384. The molecule has 0 spiro atoms. The normalized spacial score (nSPS) is 10.9. The number of hydrogen-bond acceptors (Lipinski definition) is 7.